The van der Waals surface area contributed by atoms with E-state index in [9.17, 15) is 18.3 Å². The Labute approximate surface area is 202 Å². The lowest BCUT2D eigenvalue weighted by atomic mass is 10.0. The maximum Gasteiger partial charge on any atom is 0.416 e. The number of nitrogens with zero attached hydrogens (tertiary/aromatic N) is 6. The third-order valence-electron chi connectivity index (χ3n) is 6.47. The van der Waals surface area contributed by atoms with Crippen molar-refractivity contribution in [3.63, 3.8) is 0 Å². The third kappa shape index (κ3) is 5.07. The molecule has 2 aromatic heterocycles. The van der Waals surface area contributed by atoms with Crippen LogP contribution in [-0.2, 0) is 11.8 Å². The Kier molecular flexibility index (Phi) is 6.44. The first-order valence-electron chi connectivity index (χ1n) is 11.4. The van der Waals surface area contributed by atoms with E-state index in [4.69, 9.17) is 0 Å². The normalized spacial score (nSPS) is 17.1. The maximum absolute atomic E-state index is 12.9. The number of hydrogen-bond donors (Lipinski definition) is 1. The van der Waals surface area contributed by atoms with Crippen LogP contribution < -0.4 is 9.80 Å². The van der Waals surface area contributed by atoms with Crippen LogP contribution in [-0.4, -0.2) is 50.9 Å². The minimum Gasteiger partial charge on any atom is -0.384 e. The predicted molar refractivity (Wildman–Crippen MR) is 128 cm³/mol. The largest absolute Gasteiger partial charge is 0.416 e. The van der Waals surface area contributed by atoms with E-state index in [-0.39, 0.29) is 6.04 Å². The molecule has 10 heteroatoms. The quantitative estimate of drug-likeness (QED) is 0.581. The fourth-order valence-corrected chi connectivity index (χ4v) is 4.26. The summed E-state index contributed by atoms with van der Waals surface area (Å²) in [5.41, 5.74) is 1.80. The molecule has 3 heterocycles. The van der Waals surface area contributed by atoms with Gasteiger partial charge in [0.25, 0.3) is 0 Å². The molecule has 7 nitrogen and oxygen atoms in total. The van der Waals surface area contributed by atoms with Crippen LogP contribution in [0.1, 0.15) is 43.2 Å². The first kappa shape index (κ1) is 24.8. The van der Waals surface area contributed by atoms with Crippen LogP contribution in [0.15, 0.2) is 36.7 Å². The number of halogens is 3. The first-order chi connectivity index (χ1) is 16.4. The minimum atomic E-state index is -4.37. The zero-order valence-electron chi connectivity index (χ0n) is 20.4. The average Bonchev–Trinajstić information content (AvgIpc) is 2.80. The molecule has 186 valence electrons. The standard InChI is InChI=1S/C25H29F3N6O/c1-15-14-33(10-11-34(15)21-13-29-20(12-30-21)24(4,5)35)23-17(3)16(2)22(31-32-23)18-6-8-19(9-7-18)25(26,27)28/h6-9,12-13,15,35H,10-11,14H2,1-5H3. The molecule has 1 aromatic carbocycles. The summed E-state index contributed by atoms with van der Waals surface area (Å²) in [5, 5.41) is 18.9. The van der Waals surface area contributed by atoms with Crippen LogP contribution in [0.2, 0.25) is 0 Å². The molecule has 1 atom stereocenters. The SMILES string of the molecule is Cc1c(-c2ccc(C(F)(F)F)cc2)nnc(N2CCN(c3cnc(C(C)(C)O)cn3)C(C)C2)c1C. The molecule has 3 aromatic rings. The molecule has 1 fully saturated rings. The van der Waals surface area contributed by atoms with Crippen molar-refractivity contribution in [1.82, 2.24) is 20.2 Å². The van der Waals surface area contributed by atoms with Gasteiger partial charge in [-0.2, -0.15) is 13.2 Å². The molecule has 35 heavy (non-hydrogen) atoms. The van der Waals surface area contributed by atoms with Crippen LogP contribution in [0.25, 0.3) is 11.3 Å². The smallest absolute Gasteiger partial charge is 0.384 e. The van der Waals surface area contributed by atoms with Crippen molar-refractivity contribution < 1.29 is 18.3 Å². The molecule has 1 N–H and O–H groups in total. The van der Waals surface area contributed by atoms with Crippen molar-refractivity contribution in [3.8, 4) is 11.3 Å². The van der Waals surface area contributed by atoms with Crippen LogP contribution in [0.4, 0.5) is 24.8 Å². The second kappa shape index (κ2) is 9.07. The molecule has 1 aliphatic heterocycles. The summed E-state index contributed by atoms with van der Waals surface area (Å²) in [6, 6.07) is 5.13. The van der Waals surface area contributed by atoms with E-state index < -0.39 is 17.3 Å². The highest BCUT2D eigenvalue weighted by molar-refractivity contribution is 5.67. The minimum absolute atomic E-state index is 0.127. The molecular formula is C25H29F3N6O. The van der Waals surface area contributed by atoms with Crippen LogP contribution in [0.3, 0.4) is 0 Å². The Morgan fingerprint density at radius 2 is 1.63 bits per heavy atom. The van der Waals surface area contributed by atoms with Gasteiger partial charge in [0.1, 0.15) is 11.4 Å². The van der Waals surface area contributed by atoms with Crippen molar-refractivity contribution in [2.24, 2.45) is 0 Å². The number of alkyl halides is 3. The van der Waals surface area contributed by atoms with E-state index in [1.54, 1.807) is 26.2 Å². The van der Waals surface area contributed by atoms with E-state index in [1.165, 1.54) is 12.1 Å². The van der Waals surface area contributed by atoms with E-state index in [2.05, 4.69) is 36.9 Å². The van der Waals surface area contributed by atoms with Gasteiger partial charge in [-0.25, -0.2) is 4.98 Å². The summed E-state index contributed by atoms with van der Waals surface area (Å²) in [7, 11) is 0. The lowest BCUT2D eigenvalue weighted by molar-refractivity contribution is -0.137. The summed E-state index contributed by atoms with van der Waals surface area (Å²) >= 11 is 0. The molecule has 0 saturated carbocycles. The fraction of sp³-hybridized carbons (Fsp3) is 0.440. The summed E-state index contributed by atoms with van der Waals surface area (Å²) in [6.07, 6.45) is -1.08. The van der Waals surface area contributed by atoms with Gasteiger partial charge in [0.15, 0.2) is 5.82 Å². The van der Waals surface area contributed by atoms with E-state index in [0.717, 1.165) is 34.9 Å². The van der Waals surface area contributed by atoms with E-state index >= 15 is 0 Å². The molecule has 0 aliphatic carbocycles. The van der Waals surface area contributed by atoms with Crippen molar-refractivity contribution in [2.45, 2.75) is 52.4 Å². The monoisotopic (exact) mass is 486 g/mol. The zero-order valence-corrected chi connectivity index (χ0v) is 20.4. The fourth-order valence-electron chi connectivity index (χ4n) is 4.26. The second-order valence-corrected chi connectivity index (χ2v) is 9.50. The molecule has 1 aliphatic rings. The molecular weight excluding hydrogens is 457 g/mol. The molecule has 0 bridgehead atoms. The summed E-state index contributed by atoms with van der Waals surface area (Å²) < 4.78 is 38.7. The maximum atomic E-state index is 12.9. The number of piperazine rings is 1. The Hall–Kier alpha value is -3.27. The number of anilines is 2. The Morgan fingerprint density at radius 3 is 2.17 bits per heavy atom. The summed E-state index contributed by atoms with van der Waals surface area (Å²) in [5.74, 6) is 1.52. The van der Waals surface area contributed by atoms with Gasteiger partial charge in [-0.3, -0.25) is 4.98 Å². The van der Waals surface area contributed by atoms with Crippen molar-refractivity contribution in [1.29, 1.82) is 0 Å². The molecule has 0 spiro atoms. The third-order valence-corrected chi connectivity index (χ3v) is 6.47. The first-order valence-corrected chi connectivity index (χ1v) is 11.4. The number of rotatable bonds is 4. The topological polar surface area (TPSA) is 78.3 Å². The van der Waals surface area contributed by atoms with Crippen molar-refractivity contribution in [2.75, 3.05) is 29.4 Å². The highest BCUT2D eigenvalue weighted by Crippen LogP contribution is 2.33. The molecule has 1 unspecified atom stereocenters. The number of aromatic nitrogens is 4. The zero-order chi connectivity index (χ0) is 25.5. The summed E-state index contributed by atoms with van der Waals surface area (Å²) in [4.78, 5) is 13.2. The van der Waals surface area contributed by atoms with Gasteiger partial charge >= 0.3 is 6.18 Å². The van der Waals surface area contributed by atoms with Gasteiger partial charge in [0, 0.05) is 31.2 Å². The van der Waals surface area contributed by atoms with Gasteiger partial charge in [-0.05, 0) is 57.9 Å². The average molecular weight is 487 g/mol. The Bertz CT molecular complexity index is 1190. The molecule has 0 amide bonds. The molecule has 0 radical (unpaired) electrons. The van der Waals surface area contributed by atoms with Gasteiger partial charge in [0.05, 0.1) is 29.3 Å². The second-order valence-electron chi connectivity index (χ2n) is 9.50. The highest BCUT2D eigenvalue weighted by atomic mass is 19.4. The number of benzene rings is 1. The number of aliphatic hydroxyl groups is 1. The number of hydrogen-bond acceptors (Lipinski definition) is 7. The highest BCUT2D eigenvalue weighted by Gasteiger charge is 2.31. The van der Waals surface area contributed by atoms with Gasteiger partial charge < -0.3 is 14.9 Å². The molecule has 4 rings (SSSR count). The lowest BCUT2D eigenvalue weighted by Gasteiger charge is -2.41. The van der Waals surface area contributed by atoms with Crippen LogP contribution >= 0.6 is 0 Å². The van der Waals surface area contributed by atoms with Crippen LogP contribution in [0.5, 0.6) is 0 Å². The van der Waals surface area contributed by atoms with Crippen molar-refractivity contribution in [3.05, 3.63) is 59.0 Å². The van der Waals surface area contributed by atoms with Crippen LogP contribution in [0, 0.1) is 13.8 Å². The summed E-state index contributed by atoms with van der Waals surface area (Å²) in [6.45, 7) is 11.4. The Balaban J connectivity index is 1.51. The predicted octanol–water partition coefficient (Wildman–Crippen LogP) is 4.51. The van der Waals surface area contributed by atoms with E-state index in [0.29, 0.717) is 36.6 Å². The van der Waals surface area contributed by atoms with Gasteiger partial charge in [0.2, 0.25) is 0 Å². The van der Waals surface area contributed by atoms with Crippen molar-refractivity contribution >= 4 is 11.6 Å². The lowest BCUT2D eigenvalue weighted by Crippen LogP contribution is -2.53. The van der Waals surface area contributed by atoms with Gasteiger partial charge in [-0.15, -0.1) is 10.2 Å². The van der Waals surface area contributed by atoms with Gasteiger partial charge in [-0.1, -0.05) is 12.1 Å². The van der Waals surface area contributed by atoms with E-state index in [1.807, 2.05) is 13.8 Å². The molecule has 1 saturated heterocycles. The Morgan fingerprint density at radius 1 is 0.943 bits per heavy atom.